The molecular formula is C41H45F3N8O3. The highest BCUT2D eigenvalue weighted by atomic mass is 19.1. The third kappa shape index (κ3) is 7.33. The van der Waals surface area contributed by atoms with Gasteiger partial charge in [0.2, 0.25) is 5.91 Å². The molecule has 0 unspecified atom stereocenters. The molecule has 0 aliphatic carbocycles. The first-order valence-corrected chi connectivity index (χ1v) is 19.1. The predicted octanol–water partition coefficient (Wildman–Crippen LogP) is 5.67. The van der Waals surface area contributed by atoms with Crippen molar-refractivity contribution in [3.63, 3.8) is 0 Å². The van der Waals surface area contributed by atoms with Crippen LogP contribution in [0, 0.1) is 23.0 Å². The summed E-state index contributed by atoms with van der Waals surface area (Å²) < 4.78 is 58.8. The number of hydrogen-bond acceptors (Lipinski definition) is 10. The molecule has 14 heteroatoms. The second kappa shape index (κ2) is 15.4. The summed E-state index contributed by atoms with van der Waals surface area (Å²) in [5.74, 6) is -1.10. The Balaban J connectivity index is 1.11. The van der Waals surface area contributed by atoms with Crippen molar-refractivity contribution in [2.24, 2.45) is 0 Å². The van der Waals surface area contributed by atoms with E-state index < -0.39 is 29.4 Å². The lowest BCUT2D eigenvalue weighted by Crippen LogP contribution is -2.55. The van der Waals surface area contributed by atoms with E-state index in [-0.39, 0.29) is 65.9 Å². The molecule has 288 valence electrons. The third-order valence-electron chi connectivity index (χ3n) is 11.5. The van der Waals surface area contributed by atoms with Gasteiger partial charge in [-0.25, -0.2) is 13.2 Å². The van der Waals surface area contributed by atoms with E-state index in [0.717, 1.165) is 32.5 Å². The summed E-state index contributed by atoms with van der Waals surface area (Å²) in [4.78, 5) is 35.4. The van der Waals surface area contributed by atoms with Crippen molar-refractivity contribution < 1.29 is 27.4 Å². The first-order valence-electron chi connectivity index (χ1n) is 19.1. The molecule has 2 aromatic carbocycles. The van der Waals surface area contributed by atoms with E-state index in [0.29, 0.717) is 49.2 Å². The summed E-state index contributed by atoms with van der Waals surface area (Å²) in [6.07, 6.45) is 6.31. The summed E-state index contributed by atoms with van der Waals surface area (Å²) in [6.45, 7) is 8.39. The number of morpholine rings is 1. The van der Waals surface area contributed by atoms with Crippen LogP contribution >= 0.6 is 0 Å². The molecule has 6 heterocycles. The van der Waals surface area contributed by atoms with Crippen molar-refractivity contribution >= 4 is 33.4 Å². The second-order valence-electron chi connectivity index (χ2n) is 15.4. The van der Waals surface area contributed by atoms with Crippen LogP contribution in [0.5, 0.6) is 6.01 Å². The fourth-order valence-corrected chi connectivity index (χ4v) is 9.10. The number of hydrogen-bond donors (Lipinski definition) is 0. The molecule has 8 rings (SSSR count). The van der Waals surface area contributed by atoms with Crippen molar-refractivity contribution in [1.82, 2.24) is 29.7 Å². The molecule has 4 fully saturated rings. The Hall–Kier alpha value is -4.84. The quantitative estimate of drug-likeness (QED) is 0.198. The highest BCUT2D eigenvalue weighted by Gasteiger charge is 2.49. The molecule has 2 aromatic heterocycles. The van der Waals surface area contributed by atoms with Crippen molar-refractivity contribution in [2.45, 2.75) is 69.5 Å². The Morgan fingerprint density at radius 3 is 2.67 bits per heavy atom. The third-order valence-corrected chi connectivity index (χ3v) is 11.5. The van der Waals surface area contributed by atoms with Gasteiger partial charge in [0.15, 0.2) is 5.82 Å². The number of halogens is 3. The molecule has 0 radical (unpaired) electrons. The molecule has 0 N–H and O–H groups in total. The standard InChI is InChI=1S/C41H45F3N8O3/c1-26-21-49(22-27(2)55-26)15-5-11-34(53)52-18-17-50(24-30(52)12-14-45)39-32-20-46-37(31-9-3-7-28-8-4-10-33(43)35(28)31)36(44)38(32)47-40(48-39)54-25-41-13-6-16-51(41)23-29(42)19-41/h3-5,7-11,20,26-27,29-30H,6,12-13,15-19,21-25H2,1-2H3/b11-5+/t26-,27+,29-,30+,41+/m1/s1. The van der Waals surface area contributed by atoms with Crippen LogP contribution in [0.4, 0.5) is 19.0 Å². The van der Waals surface area contributed by atoms with Crippen molar-refractivity contribution in [1.29, 1.82) is 5.26 Å². The van der Waals surface area contributed by atoms with Gasteiger partial charge in [-0.05, 0) is 44.7 Å². The van der Waals surface area contributed by atoms with Crippen LogP contribution in [0.1, 0.15) is 39.5 Å². The zero-order valence-corrected chi connectivity index (χ0v) is 31.1. The van der Waals surface area contributed by atoms with Gasteiger partial charge in [-0.1, -0.05) is 36.4 Å². The SMILES string of the molecule is C[C@@H]1CN(C/C=C/C(=O)N2CCN(c3nc(OC[C@@]45CCCN4C[C@H](F)C5)nc4c(F)c(-c5cccc6cccc(F)c56)ncc34)C[C@@H]2CC#N)C[C@H](C)O1. The summed E-state index contributed by atoms with van der Waals surface area (Å²) in [7, 11) is 0. The maximum absolute atomic E-state index is 16.9. The number of nitrogens with zero attached hydrogens (tertiary/aromatic N) is 8. The number of nitriles is 1. The predicted molar refractivity (Wildman–Crippen MR) is 202 cm³/mol. The Morgan fingerprint density at radius 1 is 1.07 bits per heavy atom. The molecule has 4 aliphatic heterocycles. The first kappa shape index (κ1) is 37.1. The minimum absolute atomic E-state index is 0.0565. The van der Waals surface area contributed by atoms with Crippen molar-refractivity contribution in [3.05, 3.63) is 66.4 Å². The number of anilines is 1. The van der Waals surface area contributed by atoms with Crippen LogP contribution < -0.4 is 9.64 Å². The highest BCUT2D eigenvalue weighted by molar-refractivity contribution is 5.99. The number of pyridine rings is 1. The molecule has 11 nitrogen and oxygen atoms in total. The number of alkyl halides is 1. The fourth-order valence-electron chi connectivity index (χ4n) is 9.10. The van der Waals surface area contributed by atoms with Crippen LogP contribution in [0.3, 0.4) is 0 Å². The van der Waals surface area contributed by atoms with E-state index in [1.165, 1.54) is 12.3 Å². The van der Waals surface area contributed by atoms with Crippen LogP contribution in [-0.2, 0) is 9.53 Å². The van der Waals surface area contributed by atoms with E-state index in [1.54, 1.807) is 41.3 Å². The van der Waals surface area contributed by atoms with E-state index in [9.17, 15) is 14.4 Å². The van der Waals surface area contributed by atoms with Crippen LogP contribution in [0.25, 0.3) is 32.9 Å². The minimum atomic E-state index is -0.957. The van der Waals surface area contributed by atoms with Crippen LogP contribution in [-0.4, -0.2) is 124 Å². The first-order chi connectivity index (χ1) is 26.6. The molecule has 0 saturated carbocycles. The van der Waals surface area contributed by atoms with Gasteiger partial charge in [0.1, 0.15) is 35.6 Å². The summed E-state index contributed by atoms with van der Waals surface area (Å²) in [5, 5.41) is 11.0. The average molecular weight is 755 g/mol. The Kier molecular flexibility index (Phi) is 10.4. The van der Waals surface area contributed by atoms with Gasteiger partial charge in [-0.2, -0.15) is 15.2 Å². The Bertz CT molecular complexity index is 2150. The smallest absolute Gasteiger partial charge is 0.319 e. The number of ether oxygens (including phenoxy) is 2. The maximum Gasteiger partial charge on any atom is 0.319 e. The molecule has 4 aromatic rings. The topological polar surface area (TPSA) is 111 Å². The Morgan fingerprint density at radius 2 is 1.87 bits per heavy atom. The number of benzene rings is 2. The largest absolute Gasteiger partial charge is 0.461 e. The number of piperazine rings is 1. The van der Waals surface area contributed by atoms with E-state index in [4.69, 9.17) is 14.5 Å². The van der Waals surface area contributed by atoms with Gasteiger partial charge in [0.25, 0.3) is 0 Å². The lowest BCUT2D eigenvalue weighted by atomic mass is 9.95. The highest BCUT2D eigenvalue weighted by Crippen LogP contribution is 2.41. The fraction of sp³-hybridized carbons (Fsp3) is 0.488. The molecule has 4 aliphatic rings. The van der Waals surface area contributed by atoms with Crippen LogP contribution in [0.2, 0.25) is 0 Å². The summed E-state index contributed by atoms with van der Waals surface area (Å²) in [6, 6.07) is 11.5. The zero-order valence-electron chi connectivity index (χ0n) is 31.1. The Labute approximate surface area is 318 Å². The van der Waals surface area contributed by atoms with Crippen molar-refractivity contribution in [3.8, 4) is 23.3 Å². The van der Waals surface area contributed by atoms with Crippen molar-refractivity contribution in [2.75, 3.05) is 63.9 Å². The number of aromatic nitrogens is 3. The van der Waals surface area contributed by atoms with Gasteiger partial charge >= 0.3 is 6.01 Å². The van der Waals surface area contributed by atoms with Gasteiger partial charge < -0.3 is 19.3 Å². The maximum atomic E-state index is 16.9. The van der Waals surface area contributed by atoms with E-state index in [1.807, 2.05) is 24.8 Å². The normalized spacial score (nSPS) is 26.3. The zero-order chi connectivity index (χ0) is 38.3. The number of carbonyl (C=O) groups is 1. The molecule has 0 spiro atoms. The monoisotopic (exact) mass is 754 g/mol. The number of rotatable bonds is 9. The number of carbonyl (C=O) groups excluding carboxylic acids is 1. The van der Waals surface area contributed by atoms with Gasteiger partial charge in [-0.15, -0.1) is 0 Å². The van der Waals surface area contributed by atoms with Crippen LogP contribution in [0.15, 0.2) is 54.7 Å². The van der Waals surface area contributed by atoms with Gasteiger partial charge in [0.05, 0.1) is 41.7 Å². The van der Waals surface area contributed by atoms with Gasteiger partial charge in [-0.3, -0.25) is 19.6 Å². The molecule has 4 saturated heterocycles. The van der Waals surface area contributed by atoms with E-state index in [2.05, 4.69) is 25.8 Å². The minimum Gasteiger partial charge on any atom is -0.461 e. The van der Waals surface area contributed by atoms with E-state index >= 15 is 8.78 Å². The molecular weight excluding hydrogens is 709 g/mol. The molecule has 5 atom stereocenters. The summed E-state index contributed by atoms with van der Waals surface area (Å²) in [5.41, 5.74) is -0.333. The number of fused-ring (bicyclic) bond motifs is 3. The second-order valence-corrected chi connectivity index (χ2v) is 15.4. The number of amides is 1. The van der Waals surface area contributed by atoms with Gasteiger partial charge in [0, 0.05) is 75.5 Å². The lowest BCUT2D eigenvalue weighted by Gasteiger charge is -2.41. The average Bonchev–Trinajstić information content (AvgIpc) is 3.69. The molecule has 1 amide bonds. The lowest BCUT2D eigenvalue weighted by molar-refractivity contribution is -0.128. The molecule has 55 heavy (non-hydrogen) atoms. The molecule has 0 bridgehead atoms. The summed E-state index contributed by atoms with van der Waals surface area (Å²) >= 11 is 0.